The van der Waals surface area contributed by atoms with Crippen LogP contribution in [-0.2, 0) is 9.84 Å². The summed E-state index contributed by atoms with van der Waals surface area (Å²) in [6.07, 6.45) is 0. The molecule has 11 heteroatoms. The maximum absolute atomic E-state index is 11.9. The maximum Gasteiger partial charge on any atom is 0.483 e. The third-order valence-corrected chi connectivity index (χ3v) is 4.60. The second-order valence-electron chi connectivity index (χ2n) is 4.33. The van der Waals surface area contributed by atoms with Crippen LogP contribution in [0.25, 0.3) is 0 Å². The summed E-state index contributed by atoms with van der Waals surface area (Å²) in [7, 11) is -3.69. The van der Waals surface area contributed by atoms with Crippen molar-refractivity contribution in [2.45, 2.75) is 10.6 Å². The number of nitro groups is 1. The van der Waals surface area contributed by atoms with E-state index in [1.165, 1.54) is 24.3 Å². The molecule has 0 radical (unpaired) electrons. The van der Waals surface area contributed by atoms with E-state index in [9.17, 15) is 23.7 Å². The van der Waals surface area contributed by atoms with Gasteiger partial charge in [-0.1, -0.05) is 18.2 Å². The Bertz CT molecular complexity index is 641. The summed E-state index contributed by atoms with van der Waals surface area (Å²) in [5.74, 6) is -0.541. The molecule has 0 bridgehead atoms. The fourth-order valence-corrected chi connectivity index (χ4v) is 2.61. The van der Waals surface area contributed by atoms with Gasteiger partial charge in [-0.2, -0.15) is 0 Å². The maximum atomic E-state index is 11.9. The van der Waals surface area contributed by atoms with Crippen LogP contribution in [0.5, 0.6) is 0 Å². The van der Waals surface area contributed by atoms with Crippen molar-refractivity contribution in [3.63, 3.8) is 0 Å². The van der Waals surface area contributed by atoms with E-state index in [4.69, 9.17) is 10.2 Å². The highest BCUT2D eigenvalue weighted by molar-refractivity contribution is 7.91. The molecular weight excluding hydrogens is 318 g/mol. The Morgan fingerprint density at radius 3 is 2.14 bits per heavy atom. The molecule has 0 aliphatic heterocycles. The number of sulfone groups is 1. The van der Waals surface area contributed by atoms with E-state index in [-0.39, 0.29) is 4.90 Å². The van der Waals surface area contributed by atoms with Crippen LogP contribution in [0.2, 0.25) is 0 Å². The molecule has 0 spiro atoms. The van der Waals surface area contributed by atoms with E-state index < -0.39 is 50.8 Å². The second-order valence-corrected chi connectivity index (χ2v) is 6.43. The first-order valence-corrected chi connectivity index (χ1v) is 7.74. The van der Waals surface area contributed by atoms with Gasteiger partial charge >= 0.3 is 5.66 Å². The van der Waals surface area contributed by atoms with Crippen molar-refractivity contribution in [3.8, 4) is 0 Å². The minimum atomic E-state index is -3.69. The minimum Gasteiger partial charge on any atom is -0.594 e. The van der Waals surface area contributed by atoms with Gasteiger partial charge in [0.1, 0.15) is 11.5 Å². The van der Waals surface area contributed by atoms with Gasteiger partial charge in [-0.3, -0.25) is 10.1 Å². The van der Waals surface area contributed by atoms with Crippen molar-refractivity contribution >= 4 is 9.84 Å². The molecule has 22 heavy (non-hydrogen) atoms. The molecule has 0 heterocycles. The van der Waals surface area contributed by atoms with Crippen molar-refractivity contribution < 1.29 is 28.4 Å². The van der Waals surface area contributed by atoms with Crippen LogP contribution in [-0.4, -0.2) is 59.6 Å². The molecule has 10 nitrogen and oxygen atoms in total. The molecule has 0 saturated heterocycles. The van der Waals surface area contributed by atoms with Crippen molar-refractivity contribution in [3.05, 3.63) is 45.7 Å². The Labute approximate surface area is 126 Å². The number of hydroxylamine groups is 1. The molecule has 0 saturated carbocycles. The van der Waals surface area contributed by atoms with Crippen LogP contribution in [0.15, 0.2) is 40.3 Å². The fraction of sp³-hybridized carbons (Fsp3) is 0.455. The topological polar surface area (TPSA) is 156 Å². The van der Waals surface area contributed by atoms with Crippen LogP contribution < -0.4 is 0 Å². The summed E-state index contributed by atoms with van der Waals surface area (Å²) in [6, 6.07) is 7.43. The van der Waals surface area contributed by atoms with Gasteiger partial charge in [0.15, 0.2) is 23.1 Å². The van der Waals surface area contributed by atoms with E-state index in [2.05, 4.69) is 5.11 Å². The molecule has 1 aromatic rings. The van der Waals surface area contributed by atoms with Gasteiger partial charge in [-0.15, -0.1) is 0 Å². The molecule has 0 unspecified atom stereocenters. The summed E-state index contributed by atoms with van der Waals surface area (Å²) < 4.78 is 23.8. The van der Waals surface area contributed by atoms with E-state index in [1.807, 2.05) is 0 Å². The number of aliphatic hydroxyl groups excluding tert-OH is 2. The lowest BCUT2D eigenvalue weighted by Crippen LogP contribution is -2.53. The second kappa shape index (κ2) is 7.24. The van der Waals surface area contributed by atoms with Crippen molar-refractivity contribution in [1.82, 2.24) is 0 Å². The molecule has 0 atom stereocenters. The van der Waals surface area contributed by atoms with Gasteiger partial charge in [0.05, 0.1) is 10.6 Å². The first-order valence-electron chi connectivity index (χ1n) is 6.09. The zero-order valence-corrected chi connectivity index (χ0v) is 12.2. The van der Waals surface area contributed by atoms with Crippen LogP contribution in [0, 0.1) is 15.3 Å². The number of nitrogens with zero attached hydrogens (tertiary/aromatic N) is 3. The van der Waals surface area contributed by atoms with Gasteiger partial charge < -0.3 is 15.4 Å². The molecule has 0 aliphatic rings. The van der Waals surface area contributed by atoms with Crippen molar-refractivity contribution in [2.24, 2.45) is 5.11 Å². The molecule has 1 aromatic carbocycles. The van der Waals surface area contributed by atoms with Gasteiger partial charge in [0, 0.05) is 0 Å². The van der Waals surface area contributed by atoms with Crippen molar-refractivity contribution in [2.75, 3.05) is 25.5 Å². The highest BCUT2D eigenvalue weighted by Gasteiger charge is 2.53. The molecular formula is C11H15N3O7S. The van der Waals surface area contributed by atoms with Gasteiger partial charge in [-0.25, -0.2) is 8.42 Å². The summed E-state index contributed by atoms with van der Waals surface area (Å²) in [4.78, 5) is 9.17. The normalized spacial score (nSPS) is 13.1. The zero-order valence-electron chi connectivity index (χ0n) is 11.4. The monoisotopic (exact) mass is 333 g/mol. The SMILES string of the molecule is O=[N+]([O-])C(CO)(CO)[N+]([O-])=NCCS(=O)(=O)c1ccccc1. The highest BCUT2D eigenvalue weighted by atomic mass is 32.2. The van der Waals surface area contributed by atoms with Crippen LogP contribution in [0.4, 0.5) is 0 Å². The molecule has 122 valence electrons. The number of aliphatic hydroxyl groups is 2. The lowest BCUT2D eigenvalue weighted by atomic mass is 10.2. The third kappa shape index (κ3) is 3.75. The third-order valence-electron chi connectivity index (χ3n) is 2.89. The summed E-state index contributed by atoms with van der Waals surface area (Å²) in [5, 5.41) is 43.4. The smallest absolute Gasteiger partial charge is 0.483 e. The molecule has 0 amide bonds. The van der Waals surface area contributed by atoms with Gasteiger partial charge in [0.2, 0.25) is 0 Å². The average Bonchev–Trinajstić information content (AvgIpc) is 2.49. The van der Waals surface area contributed by atoms with E-state index in [0.29, 0.717) is 0 Å². The number of rotatable bonds is 8. The lowest BCUT2D eigenvalue weighted by Gasteiger charge is -2.16. The average molecular weight is 333 g/mol. The molecule has 1 rings (SSSR count). The predicted molar refractivity (Wildman–Crippen MR) is 73.3 cm³/mol. The predicted octanol–water partition coefficient (Wildman–Crippen LogP) is -0.620. The number of azo groups is 1. The summed E-state index contributed by atoms with van der Waals surface area (Å²) in [5.41, 5.74) is -2.73. The quantitative estimate of drug-likeness (QED) is 0.211. The van der Waals surface area contributed by atoms with Crippen molar-refractivity contribution in [1.29, 1.82) is 0 Å². The Morgan fingerprint density at radius 2 is 1.68 bits per heavy atom. The Balaban J connectivity index is 2.87. The van der Waals surface area contributed by atoms with Gasteiger partial charge in [0.25, 0.3) is 0 Å². The first kappa shape index (κ1) is 17.9. The standard InChI is InChI=1S/C11H15N3O7S/c15-8-11(9-16,14(18)19)13(17)12-6-7-22(20,21)10-4-2-1-3-5-10/h1-5,15-16H,6-9H2. The lowest BCUT2D eigenvalue weighted by molar-refractivity contribution is -0.818. The number of hydrogen-bond acceptors (Lipinski definition) is 8. The first-order chi connectivity index (χ1) is 10.3. The Hall–Kier alpha value is -2.11. The van der Waals surface area contributed by atoms with Gasteiger partial charge in [-0.05, 0) is 22.1 Å². The van der Waals surface area contributed by atoms with Crippen LogP contribution >= 0.6 is 0 Å². The van der Waals surface area contributed by atoms with E-state index in [1.54, 1.807) is 6.07 Å². The zero-order chi connectivity index (χ0) is 16.8. The molecule has 0 fully saturated rings. The Morgan fingerprint density at radius 1 is 1.14 bits per heavy atom. The molecule has 0 aliphatic carbocycles. The number of hydrogen-bond donors (Lipinski definition) is 2. The molecule has 0 aromatic heterocycles. The largest absolute Gasteiger partial charge is 0.594 e. The number of benzene rings is 1. The Kier molecular flexibility index (Phi) is 5.91. The fourth-order valence-electron chi connectivity index (χ4n) is 1.49. The van der Waals surface area contributed by atoms with Crippen LogP contribution in [0.3, 0.4) is 0 Å². The molecule has 2 N–H and O–H groups in total. The van der Waals surface area contributed by atoms with Crippen LogP contribution in [0.1, 0.15) is 0 Å². The van der Waals surface area contributed by atoms with E-state index >= 15 is 0 Å². The minimum absolute atomic E-state index is 0.0347. The highest BCUT2D eigenvalue weighted by Crippen LogP contribution is 2.12. The summed E-state index contributed by atoms with van der Waals surface area (Å²) >= 11 is 0. The summed E-state index contributed by atoms with van der Waals surface area (Å²) in [6.45, 7) is -3.08. The van der Waals surface area contributed by atoms with E-state index in [0.717, 1.165) is 0 Å².